The molecule has 2 rings (SSSR count). The highest BCUT2D eigenvalue weighted by Gasteiger charge is 2.43. The molecule has 1 heterocycles. The predicted molar refractivity (Wildman–Crippen MR) is 99.5 cm³/mol. The van der Waals surface area contributed by atoms with Gasteiger partial charge in [0.25, 0.3) is 0 Å². The summed E-state index contributed by atoms with van der Waals surface area (Å²) >= 11 is 0. The Morgan fingerprint density at radius 2 is 2.00 bits per heavy atom. The van der Waals surface area contributed by atoms with E-state index in [1.807, 2.05) is 65.0 Å². The SMILES string of the molecule is C=C[C@H]([C@@H]1COC(C)(C)O1)[C@@H](OCc1ccccc1)C(=O)OC(C)(C)C. The molecule has 1 aliphatic heterocycles. The molecule has 3 atom stereocenters. The lowest BCUT2D eigenvalue weighted by molar-refractivity contribution is -0.180. The summed E-state index contributed by atoms with van der Waals surface area (Å²) in [4.78, 5) is 12.8. The van der Waals surface area contributed by atoms with E-state index in [0.717, 1.165) is 5.56 Å². The summed E-state index contributed by atoms with van der Waals surface area (Å²) in [5, 5.41) is 0. The van der Waals surface area contributed by atoms with Crippen LogP contribution in [0.25, 0.3) is 0 Å². The van der Waals surface area contributed by atoms with E-state index in [1.54, 1.807) is 6.08 Å². The average Bonchev–Trinajstić information content (AvgIpc) is 2.90. The van der Waals surface area contributed by atoms with Crippen LogP contribution in [0.5, 0.6) is 0 Å². The molecule has 0 aromatic heterocycles. The van der Waals surface area contributed by atoms with Crippen LogP contribution in [0.2, 0.25) is 0 Å². The molecule has 0 N–H and O–H groups in total. The molecule has 0 saturated carbocycles. The number of ether oxygens (including phenoxy) is 4. The van der Waals surface area contributed by atoms with E-state index in [0.29, 0.717) is 13.2 Å². The van der Waals surface area contributed by atoms with Gasteiger partial charge in [0.2, 0.25) is 0 Å². The first-order valence-corrected chi connectivity index (χ1v) is 8.94. The van der Waals surface area contributed by atoms with Crippen molar-refractivity contribution in [3.05, 3.63) is 48.6 Å². The second kappa shape index (κ2) is 8.33. The predicted octanol–water partition coefficient (Wildman–Crippen LogP) is 3.87. The number of carbonyl (C=O) groups is 1. The van der Waals surface area contributed by atoms with Gasteiger partial charge in [-0.05, 0) is 40.2 Å². The molecule has 1 fully saturated rings. The average molecular weight is 362 g/mol. The van der Waals surface area contributed by atoms with E-state index >= 15 is 0 Å². The van der Waals surface area contributed by atoms with Crippen LogP contribution in [0.15, 0.2) is 43.0 Å². The molecule has 1 aromatic carbocycles. The van der Waals surface area contributed by atoms with Gasteiger partial charge in [0, 0.05) is 5.92 Å². The lowest BCUT2D eigenvalue weighted by Gasteiger charge is -2.30. The third-order valence-corrected chi connectivity index (χ3v) is 3.99. The summed E-state index contributed by atoms with van der Waals surface area (Å²) in [7, 11) is 0. The third kappa shape index (κ3) is 5.94. The molecule has 0 unspecified atom stereocenters. The lowest BCUT2D eigenvalue weighted by atomic mass is 9.95. The largest absolute Gasteiger partial charge is 0.458 e. The number of hydrogen-bond donors (Lipinski definition) is 0. The Morgan fingerprint density at radius 3 is 2.50 bits per heavy atom. The van der Waals surface area contributed by atoms with Gasteiger partial charge in [-0.3, -0.25) is 0 Å². The van der Waals surface area contributed by atoms with Crippen molar-refractivity contribution in [3.8, 4) is 0 Å². The highest BCUT2D eigenvalue weighted by atomic mass is 16.7. The van der Waals surface area contributed by atoms with Gasteiger partial charge >= 0.3 is 5.97 Å². The fraction of sp³-hybridized carbons (Fsp3) is 0.571. The van der Waals surface area contributed by atoms with Crippen LogP contribution in [0.1, 0.15) is 40.2 Å². The second-order valence-electron chi connectivity index (χ2n) is 7.93. The zero-order chi connectivity index (χ0) is 19.4. The Labute approximate surface area is 156 Å². The van der Waals surface area contributed by atoms with Crippen LogP contribution < -0.4 is 0 Å². The second-order valence-corrected chi connectivity index (χ2v) is 7.93. The lowest BCUT2D eigenvalue weighted by Crippen LogP contribution is -2.43. The Kier molecular flexibility index (Phi) is 6.61. The summed E-state index contributed by atoms with van der Waals surface area (Å²) in [6.45, 7) is 13.8. The van der Waals surface area contributed by atoms with Crippen molar-refractivity contribution in [2.45, 2.75) is 64.8 Å². The Bertz CT molecular complexity index is 603. The molecule has 144 valence electrons. The minimum atomic E-state index is -0.825. The number of rotatable bonds is 7. The minimum absolute atomic E-state index is 0.298. The molecule has 1 aliphatic rings. The van der Waals surface area contributed by atoms with Gasteiger partial charge < -0.3 is 18.9 Å². The third-order valence-electron chi connectivity index (χ3n) is 3.99. The fourth-order valence-corrected chi connectivity index (χ4v) is 2.83. The van der Waals surface area contributed by atoms with Crippen molar-refractivity contribution in [3.63, 3.8) is 0 Å². The van der Waals surface area contributed by atoms with Gasteiger partial charge in [-0.25, -0.2) is 4.79 Å². The molecule has 1 saturated heterocycles. The van der Waals surface area contributed by atoms with Crippen LogP contribution >= 0.6 is 0 Å². The summed E-state index contributed by atoms with van der Waals surface area (Å²) in [5.74, 6) is -1.49. The van der Waals surface area contributed by atoms with Gasteiger partial charge in [-0.1, -0.05) is 36.4 Å². The van der Waals surface area contributed by atoms with E-state index in [1.165, 1.54) is 0 Å². The minimum Gasteiger partial charge on any atom is -0.458 e. The van der Waals surface area contributed by atoms with E-state index in [9.17, 15) is 4.79 Å². The number of hydrogen-bond acceptors (Lipinski definition) is 5. The van der Waals surface area contributed by atoms with Crippen LogP contribution in [0.3, 0.4) is 0 Å². The Balaban J connectivity index is 2.17. The topological polar surface area (TPSA) is 54.0 Å². The highest BCUT2D eigenvalue weighted by Crippen LogP contribution is 2.31. The van der Waals surface area contributed by atoms with Gasteiger partial charge in [-0.2, -0.15) is 0 Å². The molecule has 0 spiro atoms. The fourth-order valence-electron chi connectivity index (χ4n) is 2.83. The zero-order valence-electron chi connectivity index (χ0n) is 16.4. The molecular weight excluding hydrogens is 332 g/mol. The Morgan fingerprint density at radius 1 is 1.35 bits per heavy atom. The van der Waals surface area contributed by atoms with Crippen molar-refractivity contribution in [2.24, 2.45) is 5.92 Å². The maximum atomic E-state index is 12.8. The maximum absolute atomic E-state index is 12.8. The quantitative estimate of drug-likeness (QED) is 0.544. The first-order chi connectivity index (χ1) is 12.1. The van der Waals surface area contributed by atoms with E-state index < -0.39 is 23.5 Å². The standard InChI is InChI=1S/C21H30O5/c1-7-16(17-14-24-21(5,6)25-17)18(19(22)26-20(2,3)4)23-13-15-11-9-8-10-12-15/h7-12,16-18H,1,13-14H2,2-6H3/t16-,17+,18-/m1/s1. The van der Waals surface area contributed by atoms with Gasteiger partial charge in [0.15, 0.2) is 11.9 Å². The van der Waals surface area contributed by atoms with Crippen molar-refractivity contribution in [1.29, 1.82) is 0 Å². The molecule has 5 nitrogen and oxygen atoms in total. The number of benzene rings is 1. The molecule has 5 heteroatoms. The van der Waals surface area contributed by atoms with E-state index in [4.69, 9.17) is 18.9 Å². The molecule has 0 aliphatic carbocycles. The first kappa shape index (κ1) is 20.6. The summed E-state index contributed by atoms with van der Waals surface area (Å²) in [6.07, 6.45) is 0.542. The van der Waals surface area contributed by atoms with Crippen LogP contribution in [0, 0.1) is 5.92 Å². The summed E-state index contributed by atoms with van der Waals surface area (Å²) in [6, 6.07) is 9.71. The Hall–Kier alpha value is -1.69. The molecular formula is C21H30O5. The normalized spacial score (nSPS) is 21.8. The van der Waals surface area contributed by atoms with Crippen LogP contribution in [0.4, 0.5) is 0 Å². The first-order valence-electron chi connectivity index (χ1n) is 8.94. The molecule has 0 radical (unpaired) electrons. The zero-order valence-corrected chi connectivity index (χ0v) is 16.4. The molecule has 0 amide bonds. The van der Waals surface area contributed by atoms with Crippen LogP contribution in [-0.2, 0) is 30.3 Å². The van der Waals surface area contributed by atoms with Crippen molar-refractivity contribution >= 4 is 5.97 Å². The van der Waals surface area contributed by atoms with Crippen LogP contribution in [-0.4, -0.2) is 36.2 Å². The molecule has 1 aromatic rings. The number of esters is 1. The van der Waals surface area contributed by atoms with E-state index in [-0.39, 0.29) is 12.0 Å². The van der Waals surface area contributed by atoms with Gasteiger partial charge in [0.05, 0.1) is 19.3 Å². The number of carbonyl (C=O) groups excluding carboxylic acids is 1. The van der Waals surface area contributed by atoms with Crippen molar-refractivity contribution in [2.75, 3.05) is 6.61 Å². The van der Waals surface area contributed by atoms with E-state index in [2.05, 4.69) is 6.58 Å². The van der Waals surface area contributed by atoms with Gasteiger partial charge in [-0.15, -0.1) is 6.58 Å². The smallest absolute Gasteiger partial charge is 0.336 e. The van der Waals surface area contributed by atoms with Crippen molar-refractivity contribution < 1.29 is 23.7 Å². The molecule has 26 heavy (non-hydrogen) atoms. The highest BCUT2D eigenvalue weighted by molar-refractivity contribution is 5.76. The van der Waals surface area contributed by atoms with Crippen molar-refractivity contribution in [1.82, 2.24) is 0 Å². The summed E-state index contributed by atoms with van der Waals surface area (Å²) in [5.41, 5.74) is 0.372. The van der Waals surface area contributed by atoms with Gasteiger partial charge in [0.1, 0.15) is 5.60 Å². The summed E-state index contributed by atoms with van der Waals surface area (Å²) < 4.78 is 23.1. The maximum Gasteiger partial charge on any atom is 0.336 e. The monoisotopic (exact) mass is 362 g/mol. The molecule has 0 bridgehead atoms.